The molecular formula is C19H34N6O2. The number of likely N-dealkylation sites (N-methyl/N-ethyl adjacent to an activating group) is 1. The Morgan fingerprint density at radius 1 is 1.22 bits per heavy atom. The van der Waals surface area contributed by atoms with E-state index in [9.17, 15) is 9.59 Å². The van der Waals surface area contributed by atoms with E-state index in [-0.39, 0.29) is 17.9 Å². The molecule has 0 bridgehead atoms. The summed E-state index contributed by atoms with van der Waals surface area (Å²) in [6.07, 6.45) is 5.56. The summed E-state index contributed by atoms with van der Waals surface area (Å²) < 4.78 is 0. The first kappa shape index (κ1) is 19.9. The molecule has 0 spiro atoms. The quantitative estimate of drug-likeness (QED) is 0.382. The number of aliphatic imine (C=N–C) groups is 1. The highest BCUT2D eigenvalue weighted by Crippen LogP contribution is 2.30. The van der Waals surface area contributed by atoms with E-state index in [1.165, 1.54) is 25.8 Å². The predicted molar refractivity (Wildman–Crippen MR) is 106 cm³/mol. The smallest absolute Gasteiger partial charge is 0.322 e. The average Bonchev–Trinajstić information content (AvgIpc) is 2.95. The molecule has 0 aromatic heterocycles. The molecule has 2 atom stereocenters. The Morgan fingerprint density at radius 3 is 2.56 bits per heavy atom. The van der Waals surface area contributed by atoms with E-state index in [1.807, 2.05) is 14.0 Å². The SMILES string of the molecule is CCN1CCCCC1CNC(=NC)N1CCC(C2(C)NC(=O)NC2=O)CC1. The third-order valence-corrected chi connectivity index (χ3v) is 6.55. The van der Waals surface area contributed by atoms with Gasteiger partial charge in [0.05, 0.1) is 0 Å². The van der Waals surface area contributed by atoms with Gasteiger partial charge in [-0.05, 0) is 51.6 Å². The molecule has 0 aromatic rings. The topological polar surface area (TPSA) is 89.1 Å². The summed E-state index contributed by atoms with van der Waals surface area (Å²) in [7, 11) is 1.83. The van der Waals surface area contributed by atoms with Crippen LogP contribution in [0.1, 0.15) is 46.0 Å². The van der Waals surface area contributed by atoms with E-state index < -0.39 is 5.54 Å². The first-order valence-electron chi connectivity index (χ1n) is 10.3. The number of hydrogen-bond acceptors (Lipinski definition) is 4. The number of piperidine rings is 2. The number of nitrogens with one attached hydrogen (secondary N) is 3. The standard InChI is InChI=1S/C19H34N6O2/c1-4-24-10-6-5-7-15(24)13-21-17(20-3)25-11-8-14(9-12-25)19(2)16(26)22-18(27)23-19/h14-15H,4-13H2,1-3H3,(H,20,21)(H2,22,23,26,27). The van der Waals surface area contributed by atoms with Crippen molar-refractivity contribution in [3.05, 3.63) is 0 Å². The van der Waals surface area contributed by atoms with Crippen LogP contribution in [0.4, 0.5) is 4.79 Å². The Hall–Kier alpha value is -1.83. The van der Waals surface area contributed by atoms with Gasteiger partial charge in [0.2, 0.25) is 0 Å². The number of imide groups is 1. The zero-order valence-corrected chi connectivity index (χ0v) is 16.9. The monoisotopic (exact) mass is 378 g/mol. The fourth-order valence-corrected chi connectivity index (χ4v) is 4.76. The first-order chi connectivity index (χ1) is 13.0. The molecule has 27 heavy (non-hydrogen) atoms. The molecule has 3 amide bonds. The van der Waals surface area contributed by atoms with Crippen molar-refractivity contribution < 1.29 is 9.59 Å². The van der Waals surface area contributed by atoms with Gasteiger partial charge in [-0.3, -0.25) is 20.0 Å². The number of amides is 3. The van der Waals surface area contributed by atoms with Gasteiger partial charge in [0, 0.05) is 32.7 Å². The van der Waals surface area contributed by atoms with Crippen molar-refractivity contribution in [1.82, 2.24) is 25.8 Å². The van der Waals surface area contributed by atoms with Crippen LogP contribution in [0.5, 0.6) is 0 Å². The number of guanidine groups is 1. The molecule has 3 heterocycles. The maximum Gasteiger partial charge on any atom is 0.322 e. The van der Waals surface area contributed by atoms with E-state index in [1.54, 1.807) is 0 Å². The van der Waals surface area contributed by atoms with Crippen molar-refractivity contribution in [3.8, 4) is 0 Å². The average molecular weight is 379 g/mol. The van der Waals surface area contributed by atoms with Gasteiger partial charge in [0.15, 0.2) is 5.96 Å². The molecule has 3 aliphatic rings. The third kappa shape index (κ3) is 4.20. The molecule has 8 heteroatoms. The molecule has 0 aliphatic carbocycles. The number of urea groups is 1. The minimum Gasteiger partial charge on any atom is -0.355 e. The number of hydrogen-bond donors (Lipinski definition) is 3. The lowest BCUT2D eigenvalue weighted by molar-refractivity contribution is -0.125. The summed E-state index contributed by atoms with van der Waals surface area (Å²) in [5.41, 5.74) is -0.788. The minimum atomic E-state index is -0.788. The Balaban J connectivity index is 1.52. The van der Waals surface area contributed by atoms with Crippen LogP contribution in [0.3, 0.4) is 0 Å². The lowest BCUT2D eigenvalue weighted by Gasteiger charge is -2.40. The molecular weight excluding hydrogens is 344 g/mol. The fourth-order valence-electron chi connectivity index (χ4n) is 4.76. The van der Waals surface area contributed by atoms with E-state index in [2.05, 4.69) is 37.7 Å². The molecule has 0 aromatic carbocycles. The van der Waals surface area contributed by atoms with Gasteiger partial charge < -0.3 is 15.5 Å². The molecule has 3 saturated heterocycles. The second kappa shape index (κ2) is 8.46. The Bertz CT molecular complexity index is 587. The molecule has 0 radical (unpaired) electrons. The van der Waals surface area contributed by atoms with E-state index in [0.717, 1.165) is 45.0 Å². The number of likely N-dealkylation sites (tertiary alicyclic amines) is 2. The van der Waals surface area contributed by atoms with Crippen LogP contribution in [0.25, 0.3) is 0 Å². The number of carbonyl (C=O) groups excluding carboxylic acids is 2. The van der Waals surface area contributed by atoms with Crippen molar-refractivity contribution in [2.45, 2.75) is 57.5 Å². The molecule has 2 unspecified atom stereocenters. The van der Waals surface area contributed by atoms with Crippen LogP contribution in [-0.4, -0.2) is 79.0 Å². The van der Waals surface area contributed by atoms with Gasteiger partial charge >= 0.3 is 6.03 Å². The number of carbonyl (C=O) groups is 2. The second-order valence-electron chi connectivity index (χ2n) is 8.08. The van der Waals surface area contributed by atoms with Gasteiger partial charge in [0.1, 0.15) is 5.54 Å². The summed E-state index contributed by atoms with van der Waals surface area (Å²) in [6, 6.07) is 0.199. The largest absolute Gasteiger partial charge is 0.355 e. The van der Waals surface area contributed by atoms with Crippen LogP contribution in [-0.2, 0) is 4.79 Å². The first-order valence-corrected chi connectivity index (χ1v) is 10.3. The Morgan fingerprint density at radius 2 is 1.96 bits per heavy atom. The van der Waals surface area contributed by atoms with Gasteiger partial charge in [-0.15, -0.1) is 0 Å². The molecule has 3 N–H and O–H groups in total. The third-order valence-electron chi connectivity index (χ3n) is 6.55. The Kier molecular flexibility index (Phi) is 6.24. The Labute approximate surface area is 162 Å². The van der Waals surface area contributed by atoms with Crippen LogP contribution < -0.4 is 16.0 Å². The normalized spacial score (nSPS) is 31.0. The highest BCUT2D eigenvalue weighted by atomic mass is 16.2. The zero-order valence-electron chi connectivity index (χ0n) is 16.9. The van der Waals surface area contributed by atoms with Gasteiger partial charge in [-0.1, -0.05) is 13.3 Å². The van der Waals surface area contributed by atoms with E-state index in [4.69, 9.17) is 0 Å². The fraction of sp³-hybridized carbons (Fsp3) is 0.842. The van der Waals surface area contributed by atoms with Crippen molar-refractivity contribution >= 4 is 17.9 Å². The lowest BCUT2D eigenvalue weighted by atomic mass is 9.79. The molecule has 3 aliphatic heterocycles. The maximum absolute atomic E-state index is 12.2. The summed E-state index contributed by atoms with van der Waals surface area (Å²) >= 11 is 0. The molecule has 152 valence electrons. The van der Waals surface area contributed by atoms with Crippen LogP contribution in [0.15, 0.2) is 4.99 Å². The van der Waals surface area contributed by atoms with E-state index >= 15 is 0 Å². The summed E-state index contributed by atoms with van der Waals surface area (Å²) in [4.78, 5) is 33.0. The molecule has 8 nitrogen and oxygen atoms in total. The van der Waals surface area contributed by atoms with Crippen molar-refractivity contribution in [1.29, 1.82) is 0 Å². The highest BCUT2D eigenvalue weighted by Gasteiger charge is 2.48. The van der Waals surface area contributed by atoms with Crippen LogP contribution in [0.2, 0.25) is 0 Å². The van der Waals surface area contributed by atoms with Gasteiger partial charge in [0.25, 0.3) is 5.91 Å². The van der Waals surface area contributed by atoms with Crippen LogP contribution in [0, 0.1) is 5.92 Å². The van der Waals surface area contributed by atoms with Crippen molar-refractivity contribution in [2.24, 2.45) is 10.9 Å². The summed E-state index contributed by atoms with van der Waals surface area (Å²) in [6.45, 7) is 8.97. The predicted octanol–water partition coefficient (Wildman–Crippen LogP) is 0.746. The summed E-state index contributed by atoms with van der Waals surface area (Å²) in [5, 5.41) is 8.76. The zero-order chi connectivity index (χ0) is 19.4. The van der Waals surface area contributed by atoms with Crippen LogP contribution >= 0.6 is 0 Å². The lowest BCUT2D eigenvalue weighted by Crippen LogP contribution is -2.56. The summed E-state index contributed by atoms with van der Waals surface area (Å²) in [5.74, 6) is 0.887. The van der Waals surface area contributed by atoms with E-state index in [0.29, 0.717) is 6.04 Å². The molecule has 3 rings (SSSR count). The minimum absolute atomic E-state index is 0.146. The molecule has 3 fully saturated rings. The van der Waals surface area contributed by atoms with Gasteiger partial charge in [-0.25, -0.2) is 4.79 Å². The highest BCUT2D eigenvalue weighted by molar-refractivity contribution is 6.07. The van der Waals surface area contributed by atoms with Gasteiger partial charge in [-0.2, -0.15) is 0 Å². The maximum atomic E-state index is 12.2. The number of nitrogens with zero attached hydrogens (tertiary/aromatic N) is 3. The second-order valence-corrected chi connectivity index (χ2v) is 8.08. The van der Waals surface area contributed by atoms with Crippen molar-refractivity contribution in [3.63, 3.8) is 0 Å². The number of rotatable bonds is 4. The van der Waals surface area contributed by atoms with Crippen molar-refractivity contribution in [2.75, 3.05) is 39.8 Å². The molecule has 0 saturated carbocycles.